The van der Waals surface area contributed by atoms with E-state index in [9.17, 15) is 4.79 Å². The fourth-order valence-electron chi connectivity index (χ4n) is 2.14. The molecule has 6 nitrogen and oxygen atoms in total. The Kier molecular flexibility index (Phi) is 5.30. The third-order valence-corrected chi connectivity index (χ3v) is 3.69. The Morgan fingerprint density at radius 2 is 2.04 bits per heavy atom. The number of hydrogen-bond donors (Lipinski definition) is 1. The number of amides is 1. The first-order valence-corrected chi connectivity index (χ1v) is 8.13. The molecule has 7 heteroatoms. The molecule has 0 spiro atoms. The largest absolute Gasteiger partial charge is 0.484 e. The summed E-state index contributed by atoms with van der Waals surface area (Å²) >= 11 is 5.93. The number of aromatic nitrogens is 2. The van der Waals surface area contributed by atoms with E-state index < -0.39 is 0 Å². The van der Waals surface area contributed by atoms with Gasteiger partial charge in [0, 0.05) is 10.6 Å². The molecule has 3 rings (SSSR count). The summed E-state index contributed by atoms with van der Waals surface area (Å²) < 4.78 is 10.6. The van der Waals surface area contributed by atoms with Crippen LogP contribution in [0.15, 0.2) is 53.1 Å². The first-order chi connectivity index (χ1) is 12.1. The van der Waals surface area contributed by atoms with Gasteiger partial charge in [0.2, 0.25) is 0 Å². The quantitative estimate of drug-likeness (QED) is 0.722. The molecule has 0 radical (unpaired) electrons. The zero-order chi connectivity index (χ0) is 17.6. The number of rotatable bonds is 6. The predicted molar refractivity (Wildman–Crippen MR) is 94.7 cm³/mol. The Morgan fingerprint density at radius 3 is 2.76 bits per heavy atom. The number of carbonyl (C=O) groups excluding carboxylic acids is 1. The first-order valence-electron chi connectivity index (χ1n) is 7.75. The maximum absolute atomic E-state index is 11.9. The van der Waals surface area contributed by atoms with Crippen LogP contribution in [0.2, 0.25) is 5.02 Å². The van der Waals surface area contributed by atoms with Gasteiger partial charge in [0.25, 0.3) is 17.7 Å². The van der Waals surface area contributed by atoms with Gasteiger partial charge in [-0.05, 0) is 47.5 Å². The molecule has 2 aromatic carbocycles. The van der Waals surface area contributed by atoms with Crippen molar-refractivity contribution in [2.75, 3.05) is 11.9 Å². The van der Waals surface area contributed by atoms with Crippen molar-refractivity contribution in [3.8, 4) is 17.2 Å². The Bertz CT molecular complexity index is 862. The molecule has 0 aliphatic carbocycles. The topological polar surface area (TPSA) is 77.2 Å². The van der Waals surface area contributed by atoms with Crippen molar-refractivity contribution in [3.63, 3.8) is 0 Å². The smallest absolute Gasteiger partial charge is 0.270 e. The Morgan fingerprint density at radius 1 is 1.24 bits per heavy atom. The molecule has 1 aromatic heterocycles. The number of ether oxygens (including phenoxy) is 1. The summed E-state index contributed by atoms with van der Waals surface area (Å²) in [5.74, 6) is 0.594. The van der Waals surface area contributed by atoms with E-state index in [1.165, 1.54) is 5.56 Å². The normalized spacial score (nSPS) is 10.5. The fraction of sp³-hybridized carbons (Fsp3) is 0.167. The fourth-order valence-corrected chi connectivity index (χ4v) is 2.33. The number of aryl methyl sites for hydroxylation is 1. The summed E-state index contributed by atoms with van der Waals surface area (Å²) in [5.41, 5.74) is 1.88. The lowest BCUT2D eigenvalue weighted by atomic mass is 10.2. The second kappa shape index (κ2) is 7.81. The van der Waals surface area contributed by atoms with Gasteiger partial charge < -0.3 is 9.26 Å². The lowest BCUT2D eigenvalue weighted by Crippen LogP contribution is -2.20. The SMILES string of the molecule is CCc1ccc(OCC(=O)Nc2noc(-c3cccc(Cl)c3)n2)cc1. The van der Waals surface area contributed by atoms with Crippen LogP contribution in [0.1, 0.15) is 12.5 Å². The van der Waals surface area contributed by atoms with E-state index in [1.807, 2.05) is 24.3 Å². The molecule has 0 atom stereocenters. The number of benzene rings is 2. The van der Waals surface area contributed by atoms with Crippen molar-refractivity contribution in [2.45, 2.75) is 13.3 Å². The highest BCUT2D eigenvalue weighted by atomic mass is 35.5. The van der Waals surface area contributed by atoms with Crippen LogP contribution in [0, 0.1) is 0 Å². The molecular weight excluding hydrogens is 342 g/mol. The first kappa shape index (κ1) is 17.0. The third-order valence-electron chi connectivity index (χ3n) is 3.45. The maximum atomic E-state index is 11.9. The summed E-state index contributed by atoms with van der Waals surface area (Å²) in [4.78, 5) is 16.0. The lowest BCUT2D eigenvalue weighted by molar-refractivity contribution is -0.118. The van der Waals surface area contributed by atoms with Crippen LogP contribution in [-0.4, -0.2) is 22.7 Å². The predicted octanol–water partition coefficient (Wildman–Crippen LogP) is 3.97. The molecule has 1 amide bonds. The highest BCUT2D eigenvalue weighted by Gasteiger charge is 2.12. The van der Waals surface area contributed by atoms with Crippen molar-refractivity contribution in [1.82, 2.24) is 10.1 Å². The van der Waals surface area contributed by atoms with Crippen LogP contribution in [-0.2, 0) is 11.2 Å². The number of hydrogen-bond acceptors (Lipinski definition) is 5. The van der Waals surface area contributed by atoms with Gasteiger partial charge >= 0.3 is 0 Å². The summed E-state index contributed by atoms with van der Waals surface area (Å²) in [7, 11) is 0. The molecule has 0 saturated heterocycles. The van der Waals surface area contributed by atoms with Crippen LogP contribution >= 0.6 is 11.6 Å². The van der Waals surface area contributed by atoms with Gasteiger partial charge in [-0.25, -0.2) is 0 Å². The molecule has 0 bridgehead atoms. The summed E-state index contributed by atoms with van der Waals surface area (Å²) in [5, 5.41) is 6.81. The molecular formula is C18H16ClN3O3. The van der Waals surface area contributed by atoms with Gasteiger partial charge in [-0.2, -0.15) is 4.98 Å². The highest BCUT2D eigenvalue weighted by Crippen LogP contribution is 2.22. The van der Waals surface area contributed by atoms with Crippen molar-refractivity contribution in [1.29, 1.82) is 0 Å². The van der Waals surface area contributed by atoms with Gasteiger partial charge in [-0.15, -0.1) is 0 Å². The monoisotopic (exact) mass is 357 g/mol. The van der Waals surface area contributed by atoms with Crippen LogP contribution < -0.4 is 10.1 Å². The summed E-state index contributed by atoms with van der Waals surface area (Å²) in [6, 6.07) is 14.6. The summed E-state index contributed by atoms with van der Waals surface area (Å²) in [6.45, 7) is 1.93. The van der Waals surface area contributed by atoms with Gasteiger partial charge in [0.1, 0.15) is 5.75 Å². The van der Waals surface area contributed by atoms with Crippen molar-refractivity contribution in [3.05, 3.63) is 59.1 Å². The Labute approximate surface area is 149 Å². The second-order valence-corrected chi connectivity index (χ2v) is 5.70. The van der Waals surface area contributed by atoms with E-state index in [-0.39, 0.29) is 24.4 Å². The lowest BCUT2D eigenvalue weighted by Gasteiger charge is -2.05. The molecule has 128 valence electrons. The Hall–Kier alpha value is -2.86. The van der Waals surface area contributed by atoms with Gasteiger partial charge in [0.15, 0.2) is 6.61 Å². The van der Waals surface area contributed by atoms with E-state index in [4.69, 9.17) is 20.9 Å². The molecule has 0 aliphatic heterocycles. The van der Waals surface area contributed by atoms with Crippen molar-refractivity contribution < 1.29 is 14.1 Å². The van der Waals surface area contributed by atoms with Gasteiger partial charge in [0.05, 0.1) is 0 Å². The minimum Gasteiger partial charge on any atom is -0.484 e. The minimum absolute atomic E-state index is 0.0740. The van der Waals surface area contributed by atoms with Crippen molar-refractivity contribution >= 4 is 23.5 Å². The molecule has 1 heterocycles. The highest BCUT2D eigenvalue weighted by molar-refractivity contribution is 6.30. The average Bonchev–Trinajstić information content (AvgIpc) is 3.09. The zero-order valence-electron chi connectivity index (χ0n) is 13.5. The van der Waals surface area contributed by atoms with Gasteiger partial charge in [-0.1, -0.05) is 36.7 Å². The minimum atomic E-state index is -0.377. The van der Waals surface area contributed by atoms with Crippen LogP contribution in [0.4, 0.5) is 5.95 Å². The van der Waals surface area contributed by atoms with E-state index in [0.717, 1.165) is 6.42 Å². The zero-order valence-corrected chi connectivity index (χ0v) is 14.3. The summed E-state index contributed by atoms with van der Waals surface area (Å²) in [6.07, 6.45) is 0.952. The third kappa shape index (κ3) is 4.58. The van der Waals surface area contributed by atoms with Crippen molar-refractivity contribution in [2.24, 2.45) is 0 Å². The Balaban J connectivity index is 1.56. The molecule has 0 fully saturated rings. The molecule has 3 aromatic rings. The number of halogens is 1. The number of carbonyl (C=O) groups is 1. The van der Waals surface area contributed by atoms with E-state index in [1.54, 1.807) is 24.3 Å². The number of nitrogens with one attached hydrogen (secondary N) is 1. The van der Waals surface area contributed by atoms with Crippen LogP contribution in [0.25, 0.3) is 11.5 Å². The molecule has 0 saturated carbocycles. The van der Waals surface area contributed by atoms with Crippen LogP contribution in [0.5, 0.6) is 5.75 Å². The van der Waals surface area contributed by atoms with E-state index in [0.29, 0.717) is 16.3 Å². The number of anilines is 1. The van der Waals surface area contributed by atoms with Crippen LogP contribution in [0.3, 0.4) is 0 Å². The standard InChI is InChI=1S/C18H16ClN3O3/c1-2-12-6-8-15(9-7-12)24-11-16(23)20-18-21-17(25-22-18)13-4-3-5-14(19)10-13/h3-10H,2,11H2,1H3,(H,20,22,23). The average molecular weight is 358 g/mol. The molecule has 1 N–H and O–H groups in total. The molecule has 25 heavy (non-hydrogen) atoms. The maximum Gasteiger partial charge on any atom is 0.270 e. The molecule has 0 unspecified atom stereocenters. The second-order valence-electron chi connectivity index (χ2n) is 5.27. The van der Waals surface area contributed by atoms with E-state index >= 15 is 0 Å². The van der Waals surface area contributed by atoms with E-state index in [2.05, 4.69) is 22.4 Å². The number of nitrogens with zero attached hydrogens (tertiary/aromatic N) is 2. The molecule has 0 aliphatic rings. The van der Waals surface area contributed by atoms with Gasteiger partial charge in [-0.3, -0.25) is 10.1 Å².